The number of hydrogen-bond acceptors (Lipinski definition) is 6. The van der Waals surface area contributed by atoms with Crippen LogP contribution in [0.3, 0.4) is 0 Å². The summed E-state index contributed by atoms with van der Waals surface area (Å²) in [6.45, 7) is 3.53. The van der Waals surface area contributed by atoms with Crippen LogP contribution in [0.15, 0.2) is 53.4 Å². The van der Waals surface area contributed by atoms with Gasteiger partial charge in [-0.3, -0.25) is 0 Å². The third-order valence-corrected chi connectivity index (χ3v) is 6.47. The molecule has 3 rings (SSSR count). The number of esters is 1. The Morgan fingerprint density at radius 1 is 1.07 bits per heavy atom. The molecule has 8 heteroatoms. The minimum absolute atomic E-state index is 0.126. The molecule has 1 aliphatic rings. The van der Waals surface area contributed by atoms with Gasteiger partial charge in [0.15, 0.2) is 0 Å². The Balaban J connectivity index is 1.58. The molecule has 0 aromatic heterocycles. The fraction of sp³-hybridized carbons (Fsp3) is 0.381. The number of piperidine rings is 1. The number of ether oxygens (including phenoxy) is 2. The molecular formula is C21H26N2O5S. The van der Waals surface area contributed by atoms with Crippen molar-refractivity contribution >= 4 is 21.7 Å². The molecule has 2 aromatic carbocycles. The van der Waals surface area contributed by atoms with Crippen molar-refractivity contribution in [3.05, 3.63) is 54.1 Å². The van der Waals surface area contributed by atoms with Gasteiger partial charge in [0.05, 0.1) is 24.2 Å². The molecule has 29 heavy (non-hydrogen) atoms. The molecule has 1 fully saturated rings. The Morgan fingerprint density at radius 3 is 2.24 bits per heavy atom. The van der Waals surface area contributed by atoms with Crippen molar-refractivity contribution in [2.24, 2.45) is 0 Å². The average molecular weight is 419 g/mol. The van der Waals surface area contributed by atoms with E-state index in [4.69, 9.17) is 9.47 Å². The van der Waals surface area contributed by atoms with Gasteiger partial charge in [0.25, 0.3) is 0 Å². The summed E-state index contributed by atoms with van der Waals surface area (Å²) in [4.78, 5) is 14.1. The second-order valence-electron chi connectivity index (χ2n) is 6.83. The Labute approximate surface area is 171 Å². The van der Waals surface area contributed by atoms with Crippen molar-refractivity contribution < 1.29 is 22.7 Å². The van der Waals surface area contributed by atoms with E-state index in [1.165, 1.54) is 24.3 Å². The van der Waals surface area contributed by atoms with Gasteiger partial charge in [0, 0.05) is 24.8 Å². The van der Waals surface area contributed by atoms with Gasteiger partial charge in [0.2, 0.25) is 10.0 Å². The van der Waals surface area contributed by atoms with Gasteiger partial charge in [-0.1, -0.05) is 0 Å². The van der Waals surface area contributed by atoms with Crippen molar-refractivity contribution in [1.29, 1.82) is 0 Å². The fourth-order valence-corrected chi connectivity index (χ4v) is 4.63. The number of carbonyl (C=O) groups is 1. The summed E-state index contributed by atoms with van der Waals surface area (Å²) in [7, 11) is -2.01. The number of methoxy groups -OCH3 is 1. The topological polar surface area (TPSA) is 84.9 Å². The first kappa shape index (κ1) is 21.1. The second kappa shape index (κ2) is 9.28. The van der Waals surface area contributed by atoms with E-state index in [0.717, 1.165) is 24.5 Å². The lowest BCUT2D eigenvalue weighted by Gasteiger charge is -2.33. The average Bonchev–Trinajstić information content (AvgIpc) is 2.74. The predicted molar refractivity (Wildman–Crippen MR) is 111 cm³/mol. The summed E-state index contributed by atoms with van der Waals surface area (Å²) in [5, 5.41) is 0. The highest BCUT2D eigenvalue weighted by molar-refractivity contribution is 7.89. The van der Waals surface area contributed by atoms with Crippen molar-refractivity contribution in [2.75, 3.05) is 31.7 Å². The SMILES string of the molecule is CCOC(=O)c1ccc(S(=O)(=O)NC2CCN(c3ccc(OC)cc3)CC2)cc1. The highest BCUT2D eigenvalue weighted by Gasteiger charge is 2.25. The maximum atomic E-state index is 12.7. The van der Waals surface area contributed by atoms with Crippen LogP contribution in [0.5, 0.6) is 5.75 Å². The largest absolute Gasteiger partial charge is 0.497 e. The van der Waals surface area contributed by atoms with Crippen LogP contribution in [-0.4, -0.2) is 47.2 Å². The molecule has 1 saturated heterocycles. The summed E-state index contributed by atoms with van der Waals surface area (Å²) in [6.07, 6.45) is 1.43. The molecule has 0 bridgehead atoms. The number of carbonyl (C=O) groups excluding carboxylic acids is 1. The molecule has 1 N–H and O–H groups in total. The van der Waals surface area contributed by atoms with E-state index < -0.39 is 16.0 Å². The summed E-state index contributed by atoms with van der Waals surface area (Å²) in [5.41, 5.74) is 1.43. The third kappa shape index (κ3) is 5.27. The summed E-state index contributed by atoms with van der Waals surface area (Å²) < 4.78 is 38.2. The van der Waals surface area contributed by atoms with Gasteiger partial charge >= 0.3 is 5.97 Å². The maximum Gasteiger partial charge on any atom is 0.338 e. The van der Waals surface area contributed by atoms with E-state index in [-0.39, 0.29) is 17.5 Å². The summed E-state index contributed by atoms with van der Waals surface area (Å²) in [6, 6.07) is 13.5. The molecule has 156 valence electrons. The maximum absolute atomic E-state index is 12.7. The molecule has 0 atom stereocenters. The van der Waals surface area contributed by atoms with Crippen LogP contribution in [-0.2, 0) is 14.8 Å². The fourth-order valence-electron chi connectivity index (χ4n) is 3.32. The number of benzene rings is 2. The Bertz CT molecular complexity index is 919. The molecule has 0 aliphatic carbocycles. The molecule has 0 saturated carbocycles. The smallest absolute Gasteiger partial charge is 0.338 e. The van der Waals surface area contributed by atoms with Gasteiger partial charge in [-0.15, -0.1) is 0 Å². The number of rotatable bonds is 7. The first-order chi connectivity index (χ1) is 13.9. The lowest BCUT2D eigenvalue weighted by atomic mass is 10.1. The zero-order chi connectivity index (χ0) is 20.9. The predicted octanol–water partition coefficient (Wildman–Crippen LogP) is 2.82. The van der Waals surface area contributed by atoms with Crippen LogP contribution in [0, 0.1) is 0 Å². The van der Waals surface area contributed by atoms with E-state index >= 15 is 0 Å². The number of anilines is 1. The lowest BCUT2D eigenvalue weighted by Crippen LogP contribution is -2.44. The monoisotopic (exact) mass is 418 g/mol. The van der Waals surface area contributed by atoms with E-state index in [1.54, 1.807) is 14.0 Å². The molecule has 0 radical (unpaired) electrons. The van der Waals surface area contributed by atoms with Crippen LogP contribution in [0.4, 0.5) is 5.69 Å². The minimum atomic E-state index is -3.64. The zero-order valence-corrected chi connectivity index (χ0v) is 17.4. The molecular weight excluding hydrogens is 392 g/mol. The number of hydrogen-bond donors (Lipinski definition) is 1. The van der Waals surface area contributed by atoms with Crippen LogP contribution in [0.2, 0.25) is 0 Å². The zero-order valence-electron chi connectivity index (χ0n) is 16.6. The van der Waals surface area contributed by atoms with E-state index in [2.05, 4.69) is 9.62 Å². The summed E-state index contributed by atoms with van der Waals surface area (Å²) in [5.74, 6) is 0.348. The van der Waals surface area contributed by atoms with Crippen molar-refractivity contribution in [3.8, 4) is 5.75 Å². The number of sulfonamides is 1. The van der Waals surface area contributed by atoms with Gasteiger partial charge in [0.1, 0.15) is 5.75 Å². The minimum Gasteiger partial charge on any atom is -0.497 e. The van der Waals surface area contributed by atoms with Gasteiger partial charge < -0.3 is 14.4 Å². The number of nitrogens with zero attached hydrogens (tertiary/aromatic N) is 1. The standard InChI is InChI=1S/C21H26N2O5S/c1-3-28-21(24)16-4-10-20(11-5-16)29(25,26)22-17-12-14-23(15-13-17)18-6-8-19(27-2)9-7-18/h4-11,17,22H,3,12-15H2,1-2H3. The van der Waals surface area contributed by atoms with E-state index in [9.17, 15) is 13.2 Å². The van der Waals surface area contributed by atoms with Crippen LogP contribution < -0.4 is 14.4 Å². The molecule has 0 unspecified atom stereocenters. The van der Waals surface area contributed by atoms with Gasteiger partial charge in [-0.05, 0) is 68.3 Å². The molecule has 2 aromatic rings. The molecule has 1 aliphatic heterocycles. The highest BCUT2D eigenvalue weighted by Crippen LogP contribution is 2.23. The molecule has 1 heterocycles. The molecule has 7 nitrogen and oxygen atoms in total. The Hall–Kier alpha value is -2.58. The Morgan fingerprint density at radius 2 is 1.69 bits per heavy atom. The van der Waals surface area contributed by atoms with E-state index in [0.29, 0.717) is 18.4 Å². The highest BCUT2D eigenvalue weighted by atomic mass is 32.2. The lowest BCUT2D eigenvalue weighted by molar-refractivity contribution is 0.0526. The first-order valence-electron chi connectivity index (χ1n) is 9.61. The quantitative estimate of drug-likeness (QED) is 0.696. The third-order valence-electron chi connectivity index (χ3n) is 4.93. The van der Waals surface area contributed by atoms with Crippen LogP contribution in [0.25, 0.3) is 0 Å². The molecule has 0 amide bonds. The van der Waals surface area contributed by atoms with Gasteiger partial charge in [-0.2, -0.15) is 0 Å². The first-order valence-corrected chi connectivity index (χ1v) is 11.1. The van der Waals surface area contributed by atoms with Gasteiger partial charge in [-0.25, -0.2) is 17.9 Å². The van der Waals surface area contributed by atoms with Crippen molar-refractivity contribution in [2.45, 2.75) is 30.7 Å². The molecule has 0 spiro atoms. The van der Waals surface area contributed by atoms with Crippen molar-refractivity contribution in [3.63, 3.8) is 0 Å². The normalized spacial score (nSPS) is 15.2. The Kier molecular flexibility index (Phi) is 6.76. The van der Waals surface area contributed by atoms with Crippen LogP contribution in [0.1, 0.15) is 30.1 Å². The summed E-state index contributed by atoms with van der Waals surface area (Å²) >= 11 is 0. The van der Waals surface area contributed by atoms with Crippen LogP contribution >= 0.6 is 0 Å². The van der Waals surface area contributed by atoms with Crippen molar-refractivity contribution in [1.82, 2.24) is 4.72 Å². The number of nitrogens with one attached hydrogen (secondary N) is 1. The van der Waals surface area contributed by atoms with E-state index in [1.807, 2.05) is 24.3 Å². The second-order valence-corrected chi connectivity index (χ2v) is 8.54.